The lowest BCUT2D eigenvalue weighted by Gasteiger charge is -2.15. The molecular weight excluding hydrogens is 230 g/mol. The van der Waals surface area contributed by atoms with Crippen LogP contribution in [0.1, 0.15) is 43.4 Å². The van der Waals surface area contributed by atoms with Crippen LogP contribution in [-0.4, -0.2) is 11.4 Å². The molecule has 0 saturated carbocycles. The van der Waals surface area contributed by atoms with Crippen molar-refractivity contribution in [2.75, 3.05) is 0 Å². The van der Waals surface area contributed by atoms with Crippen LogP contribution in [0.2, 0.25) is 0 Å². The van der Waals surface area contributed by atoms with E-state index in [1.165, 1.54) is 24.8 Å². The molecule has 1 aliphatic carbocycles. The van der Waals surface area contributed by atoms with Gasteiger partial charge in [-0.25, -0.2) is 0 Å². The Hall–Kier alpha value is -0.530. The average molecular weight is 252 g/mol. The summed E-state index contributed by atoms with van der Waals surface area (Å²) in [6, 6.07) is 7.41. The molecule has 1 aromatic carbocycles. The van der Waals surface area contributed by atoms with Gasteiger partial charge < -0.3 is 5.32 Å². The van der Waals surface area contributed by atoms with Crippen molar-refractivity contribution in [3.63, 3.8) is 0 Å². The average Bonchev–Trinajstić information content (AvgIpc) is 2.72. The van der Waals surface area contributed by atoms with Gasteiger partial charge in [0, 0.05) is 18.0 Å². The molecule has 0 fully saturated rings. The van der Waals surface area contributed by atoms with Gasteiger partial charge in [0.1, 0.15) is 0 Å². The molecule has 0 aromatic heterocycles. The normalized spacial score (nSPS) is 17.8. The minimum atomic E-state index is 0.248. The van der Waals surface area contributed by atoms with E-state index in [4.69, 9.17) is 11.6 Å². The number of alkyl halides is 1. The van der Waals surface area contributed by atoms with Crippen LogP contribution < -0.4 is 5.32 Å². The molecule has 0 amide bonds. The Morgan fingerprint density at radius 1 is 1.24 bits per heavy atom. The summed E-state index contributed by atoms with van der Waals surface area (Å²) >= 11 is 5.99. The van der Waals surface area contributed by atoms with Crippen LogP contribution in [0.5, 0.6) is 0 Å². The fourth-order valence-electron chi connectivity index (χ4n) is 2.60. The Labute approximate surface area is 110 Å². The molecule has 2 atom stereocenters. The van der Waals surface area contributed by atoms with Gasteiger partial charge in [-0.3, -0.25) is 0 Å². The number of benzene rings is 1. The van der Waals surface area contributed by atoms with Crippen LogP contribution in [0.3, 0.4) is 0 Å². The smallest absolute Gasteiger partial charge is 0.0322 e. The van der Waals surface area contributed by atoms with Gasteiger partial charge in [0.2, 0.25) is 0 Å². The lowest BCUT2D eigenvalue weighted by Crippen LogP contribution is -2.27. The maximum Gasteiger partial charge on any atom is 0.0322 e. The summed E-state index contributed by atoms with van der Waals surface area (Å²) in [6.45, 7) is 5.21. The molecule has 2 heteroatoms. The molecule has 0 saturated heterocycles. The molecule has 0 bridgehead atoms. The second-order valence-electron chi connectivity index (χ2n) is 5.26. The Morgan fingerprint density at radius 2 is 2.00 bits per heavy atom. The topological polar surface area (TPSA) is 12.0 Å². The van der Waals surface area contributed by atoms with Crippen molar-refractivity contribution in [2.24, 2.45) is 0 Å². The molecule has 0 spiro atoms. The number of rotatable bonds is 5. The molecule has 1 N–H and O–H groups in total. The maximum atomic E-state index is 5.99. The highest BCUT2D eigenvalue weighted by Crippen LogP contribution is 2.22. The largest absolute Gasteiger partial charge is 0.310 e. The van der Waals surface area contributed by atoms with Crippen LogP contribution in [0.15, 0.2) is 18.2 Å². The lowest BCUT2D eigenvalue weighted by atomic mass is 10.1. The molecule has 94 valence electrons. The van der Waals surface area contributed by atoms with Gasteiger partial charge in [-0.15, -0.1) is 11.6 Å². The molecule has 1 aliphatic rings. The summed E-state index contributed by atoms with van der Waals surface area (Å²) in [5.41, 5.74) is 4.51. The van der Waals surface area contributed by atoms with E-state index in [0.717, 1.165) is 13.0 Å². The van der Waals surface area contributed by atoms with Crippen LogP contribution in [0, 0.1) is 0 Å². The van der Waals surface area contributed by atoms with Crippen molar-refractivity contribution in [2.45, 2.75) is 57.5 Å². The highest BCUT2D eigenvalue weighted by molar-refractivity contribution is 6.20. The fourth-order valence-corrected chi connectivity index (χ4v) is 2.86. The fraction of sp³-hybridized carbons (Fsp3) is 0.600. The maximum absolute atomic E-state index is 5.99. The number of hydrogen-bond donors (Lipinski definition) is 1. The van der Waals surface area contributed by atoms with Gasteiger partial charge in [-0.05, 0) is 56.2 Å². The number of hydrogen-bond acceptors (Lipinski definition) is 1. The van der Waals surface area contributed by atoms with Gasteiger partial charge in [0.05, 0.1) is 0 Å². The van der Waals surface area contributed by atoms with E-state index in [0.29, 0.717) is 6.04 Å². The second kappa shape index (κ2) is 5.88. The highest BCUT2D eigenvalue weighted by Gasteiger charge is 2.11. The minimum Gasteiger partial charge on any atom is -0.310 e. The van der Waals surface area contributed by atoms with Crippen LogP contribution >= 0.6 is 11.6 Å². The third kappa shape index (κ3) is 3.72. The van der Waals surface area contributed by atoms with E-state index in [2.05, 4.69) is 37.4 Å². The van der Waals surface area contributed by atoms with Crippen molar-refractivity contribution in [3.05, 3.63) is 34.9 Å². The quantitative estimate of drug-likeness (QED) is 0.788. The van der Waals surface area contributed by atoms with Crippen LogP contribution in [0.4, 0.5) is 0 Å². The van der Waals surface area contributed by atoms with Crippen molar-refractivity contribution in [1.82, 2.24) is 5.32 Å². The predicted octanol–water partition coefficient (Wildman–Crippen LogP) is 3.67. The Kier molecular flexibility index (Phi) is 4.47. The van der Waals surface area contributed by atoms with Crippen molar-refractivity contribution in [1.29, 1.82) is 0 Å². The molecule has 1 nitrogen and oxygen atoms in total. The summed E-state index contributed by atoms with van der Waals surface area (Å²) in [6.07, 6.45) is 4.87. The first-order valence-corrected chi connectivity index (χ1v) is 7.07. The van der Waals surface area contributed by atoms with Gasteiger partial charge in [0.15, 0.2) is 0 Å². The van der Waals surface area contributed by atoms with E-state index < -0.39 is 0 Å². The molecule has 2 unspecified atom stereocenters. The van der Waals surface area contributed by atoms with E-state index in [1.54, 1.807) is 11.1 Å². The third-order valence-corrected chi connectivity index (χ3v) is 3.67. The number of fused-ring (bicyclic) bond motifs is 1. The lowest BCUT2D eigenvalue weighted by molar-refractivity contribution is 0.511. The first-order valence-electron chi connectivity index (χ1n) is 6.63. The summed E-state index contributed by atoms with van der Waals surface area (Å²) < 4.78 is 0. The Morgan fingerprint density at radius 3 is 2.76 bits per heavy atom. The summed E-state index contributed by atoms with van der Waals surface area (Å²) in [4.78, 5) is 0. The van der Waals surface area contributed by atoms with Crippen LogP contribution in [-0.2, 0) is 19.4 Å². The molecule has 0 aliphatic heterocycles. The number of halogens is 1. The van der Waals surface area contributed by atoms with Crippen LogP contribution in [0.25, 0.3) is 0 Å². The van der Waals surface area contributed by atoms with Gasteiger partial charge in [0.25, 0.3) is 0 Å². The molecule has 0 radical (unpaired) electrons. The van der Waals surface area contributed by atoms with Gasteiger partial charge in [-0.2, -0.15) is 0 Å². The second-order valence-corrected chi connectivity index (χ2v) is 6.00. The standard InChI is InChI=1S/C15H22ClN/c1-11(16)8-12(2)17-10-13-6-7-14-4-3-5-15(14)9-13/h6-7,9,11-12,17H,3-5,8,10H2,1-2H3. The minimum absolute atomic E-state index is 0.248. The Bertz CT molecular complexity index is 373. The summed E-state index contributed by atoms with van der Waals surface area (Å²) in [5.74, 6) is 0. The number of nitrogens with one attached hydrogen (secondary N) is 1. The first-order chi connectivity index (χ1) is 8.15. The summed E-state index contributed by atoms with van der Waals surface area (Å²) in [7, 11) is 0. The van der Waals surface area contributed by atoms with Gasteiger partial charge >= 0.3 is 0 Å². The summed E-state index contributed by atoms with van der Waals surface area (Å²) in [5, 5.41) is 3.78. The van der Waals surface area contributed by atoms with E-state index in [9.17, 15) is 0 Å². The predicted molar refractivity (Wildman–Crippen MR) is 74.7 cm³/mol. The van der Waals surface area contributed by atoms with Gasteiger partial charge in [-0.1, -0.05) is 18.2 Å². The highest BCUT2D eigenvalue weighted by atomic mass is 35.5. The van der Waals surface area contributed by atoms with Crippen molar-refractivity contribution >= 4 is 11.6 Å². The molecule has 0 heterocycles. The molecule has 2 rings (SSSR count). The third-order valence-electron chi connectivity index (χ3n) is 3.50. The van der Waals surface area contributed by atoms with E-state index in [1.807, 2.05) is 0 Å². The molecule has 1 aromatic rings. The van der Waals surface area contributed by atoms with Crippen molar-refractivity contribution < 1.29 is 0 Å². The molecule has 17 heavy (non-hydrogen) atoms. The SMILES string of the molecule is CC(Cl)CC(C)NCc1ccc2c(c1)CCC2. The van der Waals surface area contributed by atoms with Crippen molar-refractivity contribution in [3.8, 4) is 0 Å². The monoisotopic (exact) mass is 251 g/mol. The molecular formula is C15H22ClN. The van der Waals surface area contributed by atoms with E-state index >= 15 is 0 Å². The Balaban J connectivity index is 1.87. The zero-order chi connectivity index (χ0) is 12.3. The zero-order valence-corrected chi connectivity index (χ0v) is 11.6. The first kappa shape index (κ1) is 12.9. The number of aryl methyl sites for hydroxylation is 2. The zero-order valence-electron chi connectivity index (χ0n) is 10.8. The van der Waals surface area contributed by atoms with E-state index in [-0.39, 0.29) is 5.38 Å².